The highest BCUT2D eigenvalue weighted by molar-refractivity contribution is 7.46. The topological polar surface area (TPSA) is 112 Å². The molecule has 9 nitrogen and oxygen atoms in total. The number of phosphoric acid groups is 1. The van der Waals surface area contributed by atoms with Gasteiger partial charge in [-0.05, 0) is 41.5 Å². The van der Waals surface area contributed by atoms with Crippen molar-refractivity contribution in [3.05, 3.63) is 12.2 Å². The van der Waals surface area contributed by atoms with Crippen LogP contribution in [0.1, 0.15) is 48.0 Å². The Morgan fingerprint density at radius 1 is 1.07 bits per heavy atom. The van der Waals surface area contributed by atoms with E-state index in [-0.39, 0.29) is 31.8 Å². The highest BCUT2D eigenvalue weighted by Crippen LogP contribution is 2.38. The van der Waals surface area contributed by atoms with Crippen LogP contribution in [0.15, 0.2) is 12.2 Å². The van der Waals surface area contributed by atoms with Crippen LogP contribution in [0, 0.1) is 0 Å². The highest BCUT2D eigenvalue weighted by Gasteiger charge is 2.46. The molecule has 0 aromatic rings. The number of nitrogens with zero attached hydrogens (tertiary/aromatic N) is 1. The van der Waals surface area contributed by atoms with E-state index in [4.69, 9.17) is 18.7 Å². The number of phosphoric ester groups is 1. The molecular weight excluding hydrogens is 389 g/mol. The zero-order valence-corrected chi connectivity index (χ0v) is 18.9. The molecule has 166 valence electrons. The maximum atomic E-state index is 12.2. The fourth-order valence-corrected chi connectivity index (χ4v) is 3.62. The van der Waals surface area contributed by atoms with Crippen molar-refractivity contribution in [1.82, 2.24) is 0 Å². The summed E-state index contributed by atoms with van der Waals surface area (Å²) < 4.78 is 33.6. The van der Waals surface area contributed by atoms with Gasteiger partial charge >= 0.3 is 19.8 Å². The SMILES string of the molecule is C=C(C)C(=O)OC(CC(COP(=O)(O)O)[N+](CC)(CC)CC)(OCC)OCC. The van der Waals surface area contributed by atoms with Crippen LogP contribution in [0.2, 0.25) is 0 Å². The van der Waals surface area contributed by atoms with Crippen molar-refractivity contribution in [3.8, 4) is 0 Å². The third-order valence-corrected chi connectivity index (χ3v) is 5.40. The van der Waals surface area contributed by atoms with Gasteiger partial charge in [0, 0.05) is 5.57 Å². The standard InChI is InChI=1S/C18H36NO8P/c1-8-19(9-2,10-3)16(14-26-28(21,22)23)13-18(24-11-4,25-12-5)27-17(20)15(6)7/h16H,6,8-14H2,1-5,7H3,(H-,21,22,23)/p+1. The van der Waals surface area contributed by atoms with Gasteiger partial charge < -0.3 is 28.5 Å². The molecule has 0 radical (unpaired) electrons. The van der Waals surface area contributed by atoms with E-state index in [1.807, 2.05) is 20.8 Å². The number of carbonyl (C=O) groups is 1. The van der Waals surface area contributed by atoms with Crippen LogP contribution in [0.3, 0.4) is 0 Å². The molecule has 0 aromatic carbocycles. The Labute approximate surface area is 168 Å². The summed E-state index contributed by atoms with van der Waals surface area (Å²) in [5, 5.41) is 0. The number of hydrogen-bond acceptors (Lipinski definition) is 6. The van der Waals surface area contributed by atoms with E-state index in [9.17, 15) is 19.1 Å². The van der Waals surface area contributed by atoms with E-state index in [1.54, 1.807) is 13.8 Å². The number of hydrogen-bond donors (Lipinski definition) is 2. The van der Waals surface area contributed by atoms with E-state index in [0.29, 0.717) is 24.1 Å². The van der Waals surface area contributed by atoms with Crippen molar-refractivity contribution in [2.45, 2.75) is 60.0 Å². The third kappa shape index (κ3) is 8.29. The minimum absolute atomic E-state index is 0.0449. The molecule has 0 bridgehead atoms. The number of likely N-dealkylation sites (N-methyl/N-ethyl adjacent to an activating group) is 1. The lowest BCUT2D eigenvalue weighted by Crippen LogP contribution is -2.60. The second-order valence-electron chi connectivity index (χ2n) is 6.53. The summed E-state index contributed by atoms with van der Waals surface area (Å²) in [6.07, 6.45) is 0.0449. The summed E-state index contributed by atoms with van der Waals surface area (Å²) in [6, 6.07) is -0.455. The number of ether oxygens (including phenoxy) is 3. The van der Waals surface area contributed by atoms with Gasteiger partial charge in [-0.25, -0.2) is 9.36 Å². The van der Waals surface area contributed by atoms with Crippen molar-refractivity contribution in [2.75, 3.05) is 39.5 Å². The Morgan fingerprint density at radius 2 is 1.54 bits per heavy atom. The molecule has 0 heterocycles. The van der Waals surface area contributed by atoms with Crippen molar-refractivity contribution in [2.24, 2.45) is 0 Å². The minimum Gasteiger partial charge on any atom is -0.404 e. The second kappa shape index (κ2) is 12.0. The monoisotopic (exact) mass is 426 g/mol. The van der Waals surface area contributed by atoms with Gasteiger partial charge in [0.15, 0.2) is 0 Å². The molecule has 1 atom stereocenters. The fourth-order valence-electron chi connectivity index (χ4n) is 3.26. The summed E-state index contributed by atoms with van der Waals surface area (Å²) in [5.41, 5.74) is 0.189. The molecule has 1 unspecified atom stereocenters. The minimum atomic E-state index is -4.67. The lowest BCUT2D eigenvalue weighted by Gasteiger charge is -2.45. The Kier molecular flexibility index (Phi) is 11.7. The normalized spacial score (nSPS) is 14.0. The van der Waals surface area contributed by atoms with Crippen LogP contribution < -0.4 is 0 Å². The Hall–Kier alpha value is -0.800. The van der Waals surface area contributed by atoms with Crippen molar-refractivity contribution in [1.29, 1.82) is 0 Å². The second-order valence-corrected chi connectivity index (χ2v) is 7.77. The van der Waals surface area contributed by atoms with Crippen LogP contribution in [0.25, 0.3) is 0 Å². The third-order valence-electron chi connectivity index (χ3n) is 4.91. The predicted octanol–water partition coefficient (Wildman–Crippen LogP) is 2.58. The van der Waals surface area contributed by atoms with E-state index in [2.05, 4.69) is 6.58 Å². The fraction of sp³-hybridized carbons (Fsp3) is 0.833. The highest BCUT2D eigenvalue weighted by atomic mass is 31.2. The molecule has 0 aliphatic heterocycles. The molecule has 0 aliphatic carbocycles. The Bertz CT molecular complexity index is 529. The summed E-state index contributed by atoms with van der Waals surface area (Å²) in [6.45, 7) is 16.8. The molecule has 0 spiro atoms. The van der Waals surface area contributed by atoms with Gasteiger partial charge in [-0.3, -0.25) is 4.52 Å². The van der Waals surface area contributed by atoms with Gasteiger partial charge in [0.25, 0.3) is 0 Å². The molecule has 10 heteroatoms. The van der Waals surface area contributed by atoms with Crippen LogP contribution in [-0.2, 0) is 28.1 Å². The molecule has 0 fully saturated rings. The summed E-state index contributed by atoms with van der Waals surface area (Å²) in [4.78, 5) is 30.6. The molecule has 28 heavy (non-hydrogen) atoms. The number of carbonyl (C=O) groups excluding carboxylic acids is 1. The van der Waals surface area contributed by atoms with Crippen LogP contribution in [0.4, 0.5) is 0 Å². The zero-order valence-electron chi connectivity index (χ0n) is 18.0. The molecule has 0 aromatic heterocycles. The van der Waals surface area contributed by atoms with E-state index >= 15 is 0 Å². The Balaban J connectivity index is 6.03. The van der Waals surface area contributed by atoms with Crippen molar-refractivity contribution < 1.29 is 42.4 Å². The average Bonchev–Trinajstić information content (AvgIpc) is 2.61. The molecule has 2 N–H and O–H groups in total. The van der Waals surface area contributed by atoms with E-state index < -0.39 is 25.8 Å². The summed E-state index contributed by atoms with van der Waals surface area (Å²) >= 11 is 0. The molecule has 0 rings (SSSR count). The van der Waals surface area contributed by atoms with E-state index in [1.165, 1.54) is 6.92 Å². The number of rotatable bonds is 15. The van der Waals surface area contributed by atoms with Gasteiger partial charge in [-0.1, -0.05) is 6.58 Å². The van der Waals surface area contributed by atoms with Crippen LogP contribution in [0.5, 0.6) is 0 Å². The van der Waals surface area contributed by atoms with Gasteiger partial charge in [-0.15, -0.1) is 0 Å². The lowest BCUT2D eigenvalue weighted by atomic mass is 10.1. The smallest absolute Gasteiger partial charge is 0.404 e. The zero-order chi connectivity index (χ0) is 22.0. The van der Waals surface area contributed by atoms with Gasteiger partial charge in [0.05, 0.1) is 39.3 Å². The van der Waals surface area contributed by atoms with Crippen LogP contribution >= 0.6 is 7.82 Å². The largest absolute Gasteiger partial charge is 0.469 e. The Morgan fingerprint density at radius 3 is 1.86 bits per heavy atom. The summed E-state index contributed by atoms with van der Waals surface area (Å²) in [7, 11) is -4.67. The molecular formula is C18H37NO8P+. The van der Waals surface area contributed by atoms with Gasteiger partial charge in [-0.2, -0.15) is 0 Å². The first-order chi connectivity index (χ1) is 12.9. The quantitative estimate of drug-likeness (QED) is 0.135. The lowest BCUT2D eigenvalue weighted by molar-refractivity contribution is -0.948. The van der Waals surface area contributed by atoms with Gasteiger partial charge in [0.1, 0.15) is 12.6 Å². The van der Waals surface area contributed by atoms with Gasteiger partial charge in [0.2, 0.25) is 0 Å². The van der Waals surface area contributed by atoms with Crippen molar-refractivity contribution in [3.63, 3.8) is 0 Å². The first-order valence-corrected chi connectivity index (χ1v) is 11.2. The molecule has 0 aliphatic rings. The van der Waals surface area contributed by atoms with E-state index in [0.717, 1.165) is 0 Å². The maximum Gasteiger partial charge on any atom is 0.469 e. The molecule has 0 amide bonds. The molecule has 0 saturated carbocycles. The molecule has 0 saturated heterocycles. The maximum absolute atomic E-state index is 12.2. The first kappa shape index (κ1) is 27.2. The summed E-state index contributed by atoms with van der Waals surface area (Å²) in [5.74, 6) is -2.37. The number of quaternary nitrogens is 1. The predicted molar refractivity (Wildman–Crippen MR) is 105 cm³/mol. The van der Waals surface area contributed by atoms with Crippen LogP contribution in [-0.4, -0.2) is 71.7 Å². The average molecular weight is 426 g/mol. The number of esters is 1. The van der Waals surface area contributed by atoms with Crippen molar-refractivity contribution >= 4 is 13.8 Å². The first-order valence-electron chi connectivity index (χ1n) is 9.67.